The third-order valence-corrected chi connectivity index (χ3v) is 4.88. The lowest BCUT2D eigenvalue weighted by Gasteiger charge is -2.13. The highest BCUT2D eigenvalue weighted by Crippen LogP contribution is 2.24. The summed E-state index contributed by atoms with van der Waals surface area (Å²) in [5.41, 5.74) is 4.02. The zero-order valence-corrected chi connectivity index (χ0v) is 17.2. The smallest absolute Gasteiger partial charge is 0.253 e. The van der Waals surface area contributed by atoms with Gasteiger partial charge in [-0.25, -0.2) is 9.50 Å². The molecule has 0 spiro atoms. The lowest BCUT2D eigenvalue weighted by molar-refractivity contribution is -0.115. The van der Waals surface area contributed by atoms with Gasteiger partial charge in [0.15, 0.2) is 5.82 Å². The molecule has 0 aliphatic rings. The molecule has 0 radical (unpaired) electrons. The Labute approximate surface area is 174 Å². The molecular formula is C23H23N5O2. The molecule has 2 heterocycles. The Balaban J connectivity index is 1.62. The molecule has 0 atom stereocenters. The number of rotatable bonds is 6. The first-order valence-electron chi connectivity index (χ1n) is 9.86. The molecule has 0 fully saturated rings. The number of carbonyl (C=O) groups excluding carboxylic acids is 1. The molecule has 0 aliphatic heterocycles. The number of hydrogen-bond donors (Lipinski definition) is 1. The molecule has 0 saturated heterocycles. The lowest BCUT2D eigenvalue weighted by Crippen LogP contribution is -2.18. The molecule has 1 amide bonds. The van der Waals surface area contributed by atoms with Crippen LogP contribution in [0.25, 0.3) is 17.2 Å². The van der Waals surface area contributed by atoms with Crippen LogP contribution in [0.3, 0.4) is 0 Å². The monoisotopic (exact) mass is 401 g/mol. The van der Waals surface area contributed by atoms with Crippen molar-refractivity contribution in [3.8, 4) is 17.1 Å². The number of ether oxygens (including phenoxy) is 1. The number of amides is 1. The predicted molar refractivity (Wildman–Crippen MR) is 116 cm³/mol. The topological polar surface area (TPSA) is 81.4 Å². The van der Waals surface area contributed by atoms with Crippen LogP contribution in [-0.2, 0) is 11.2 Å². The summed E-state index contributed by atoms with van der Waals surface area (Å²) in [4.78, 5) is 21.9. The molecule has 7 heteroatoms. The van der Waals surface area contributed by atoms with Crippen LogP contribution in [0.1, 0.15) is 23.9 Å². The van der Waals surface area contributed by atoms with E-state index < -0.39 is 0 Å². The molecule has 2 aromatic carbocycles. The van der Waals surface area contributed by atoms with Crippen LogP contribution >= 0.6 is 0 Å². The summed E-state index contributed by atoms with van der Waals surface area (Å²) in [6.45, 7) is 6.26. The number of fused-ring (bicyclic) bond motifs is 1. The van der Waals surface area contributed by atoms with Gasteiger partial charge in [0.25, 0.3) is 5.78 Å². The van der Waals surface area contributed by atoms with Gasteiger partial charge in [-0.3, -0.25) is 4.79 Å². The predicted octanol–water partition coefficient (Wildman–Crippen LogP) is 3.99. The van der Waals surface area contributed by atoms with Gasteiger partial charge < -0.3 is 10.1 Å². The van der Waals surface area contributed by atoms with Crippen molar-refractivity contribution in [1.29, 1.82) is 0 Å². The molecular weight excluding hydrogens is 378 g/mol. The second-order valence-electron chi connectivity index (χ2n) is 6.93. The minimum Gasteiger partial charge on any atom is -0.492 e. The highest BCUT2D eigenvalue weighted by atomic mass is 16.5. The first kappa shape index (κ1) is 19.6. The van der Waals surface area contributed by atoms with Gasteiger partial charge in [-0.15, -0.1) is 5.10 Å². The summed E-state index contributed by atoms with van der Waals surface area (Å²) in [6, 6.07) is 17.2. The molecule has 0 saturated carbocycles. The van der Waals surface area contributed by atoms with E-state index in [2.05, 4.69) is 20.4 Å². The normalized spacial score (nSPS) is 10.9. The van der Waals surface area contributed by atoms with E-state index in [0.717, 1.165) is 22.5 Å². The van der Waals surface area contributed by atoms with Crippen LogP contribution in [0.5, 0.6) is 5.75 Å². The van der Waals surface area contributed by atoms with Crippen LogP contribution in [0, 0.1) is 13.8 Å². The van der Waals surface area contributed by atoms with Crippen molar-refractivity contribution in [2.75, 3.05) is 11.9 Å². The molecule has 0 bridgehead atoms. The standard InChI is InChI=1S/C23H23N5O2/c1-4-30-20-13-9-8-12-19(20)25-21(29)14-18-15(2)24-23-26-22(27-28(23)16(18)3)17-10-6-5-7-11-17/h5-13H,4,14H2,1-3H3,(H,25,29). The Hall–Kier alpha value is -3.74. The minimum atomic E-state index is -0.141. The van der Waals surface area contributed by atoms with Gasteiger partial charge >= 0.3 is 0 Å². The van der Waals surface area contributed by atoms with E-state index >= 15 is 0 Å². The van der Waals surface area contributed by atoms with E-state index in [-0.39, 0.29) is 12.3 Å². The largest absolute Gasteiger partial charge is 0.492 e. The maximum Gasteiger partial charge on any atom is 0.253 e. The Morgan fingerprint density at radius 2 is 1.77 bits per heavy atom. The van der Waals surface area contributed by atoms with E-state index in [1.165, 1.54) is 0 Å². The van der Waals surface area contributed by atoms with Gasteiger partial charge in [-0.05, 0) is 32.9 Å². The zero-order valence-electron chi connectivity index (χ0n) is 17.2. The Bertz CT molecular complexity index is 1200. The average Bonchev–Trinajstić information content (AvgIpc) is 3.17. The van der Waals surface area contributed by atoms with E-state index in [1.807, 2.05) is 75.4 Å². The number of anilines is 1. The number of para-hydroxylation sites is 2. The van der Waals surface area contributed by atoms with Crippen molar-refractivity contribution >= 4 is 17.4 Å². The maximum atomic E-state index is 12.8. The summed E-state index contributed by atoms with van der Waals surface area (Å²) in [5, 5.41) is 7.55. The Morgan fingerprint density at radius 3 is 2.53 bits per heavy atom. The number of carbonyl (C=O) groups is 1. The molecule has 0 aliphatic carbocycles. The molecule has 4 rings (SSSR count). The molecule has 0 unspecified atom stereocenters. The quantitative estimate of drug-likeness (QED) is 0.528. The molecule has 7 nitrogen and oxygen atoms in total. The van der Waals surface area contributed by atoms with Gasteiger partial charge in [0, 0.05) is 22.5 Å². The highest BCUT2D eigenvalue weighted by Gasteiger charge is 2.17. The third-order valence-electron chi connectivity index (χ3n) is 4.88. The van der Waals surface area contributed by atoms with Crippen LogP contribution in [-0.4, -0.2) is 32.1 Å². The van der Waals surface area contributed by atoms with Crippen molar-refractivity contribution in [3.05, 3.63) is 71.5 Å². The second-order valence-corrected chi connectivity index (χ2v) is 6.93. The second kappa shape index (κ2) is 8.32. The summed E-state index contributed by atoms with van der Waals surface area (Å²) < 4.78 is 7.29. The van der Waals surface area contributed by atoms with E-state index in [0.29, 0.717) is 29.6 Å². The molecule has 4 aromatic rings. The number of benzene rings is 2. The fourth-order valence-corrected chi connectivity index (χ4v) is 3.38. The van der Waals surface area contributed by atoms with E-state index in [9.17, 15) is 4.79 Å². The van der Waals surface area contributed by atoms with Gasteiger partial charge in [0.2, 0.25) is 5.91 Å². The average molecular weight is 401 g/mol. The van der Waals surface area contributed by atoms with E-state index in [1.54, 1.807) is 4.52 Å². The number of nitrogens with one attached hydrogen (secondary N) is 1. The molecule has 1 N–H and O–H groups in total. The number of aromatic nitrogens is 4. The minimum absolute atomic E-state index is 0.141. The van der Waals surface area contributed by atoms with Crippen LogP contribution in [0.15, 0.2) is 54.6 Å². The highest BCUT2D eigenvalue weighted by molar-refractivity contribution is 5.94. The van der Waals surface area contributed by atoms with Crippen molar-refractivity contribution in [1.82, 2.24) is 19.6 Å². The number of nitrogens with zero attached hydrogens (tertiary/aromatic N) is 4. The van der Waals surface area contributed by atoms with Gasteiger partial charge in [0.05, 0.1) is 18.7 Å². The fraction of sp³-hybridized carbons (Fsp3) is 0.217. The van der Waals surface area contributed by atoms with Crippen molar-refractivity contribution in [2.24, 2.45) is 0 Å². The van der Waals surface area contributed by atoms with E-state index in [4.69, 9.17) is 4.74 Å². The number of aryl methyl sites for hydroxylation is 2. The fourth-order valence-electron chi connectivity index (χ4n) is 3.38. The SMILES string of the molecule is CCOc1ccccc1NC(=O)Cc1c(C)nc2nc(-c3ccccc3)nn2c1C. The molecule has 2 aromatic heterocycles. The van der Waals surface area contributed by atoms with Crippen LogP contribution < -0.4 is 10.1 Å². The van der Waals surface area contributed by atoms with Crippen LogP contribution in [0.4, 0.5) is 5.69 Å². The Kier molecular flexibility index (Phi) is 5.43. The zero-order chi connectivity index (χ0) is 21.1. The van der Waals surface area contributed by atoms with Gasteiger partial charge in [-0.1, -0.05) is 42.5 Å². The Morgan fingerprint density at radius 1 is 1.03 bits per heavy atom. The summed E-state index contributed by atoms with van der Waals surface area (Å²) in [6.07, 6.45) is 0.182. The first-order valence-corrected chi connectivity index (χ1v) is 9.86. The van der Waals surface area contributed by atoms with Crippen LogP contribution in [0.2, 0.25) is 0 Å². The summed E-state index contributed by atoms with van der Waals surface area (Å²) in [5.74, 6) is 1.64. The molecule has 30 heavy (non-hydrogen) atoms. The summed E-state index contributed by atoms with van der Waals surface area (Å²) in [7, 11) is 0. The van der Waals surface area contributed by atoms with Gasteiger partial charge in [-0.2, -0.15) is 4.98 Å². The summed E-state index contributed by atoms with van der Waals surface area (Å²) >= 11 is 0. The number of hydrogen-bond acceptors (Lipinski definition) is 5. The first-order chi connectivity index (χ1) is 14.6. The van der Waals surface area contributed by atoms with Gasteiger partial charge in [0.1, 0.15) is 5.75 Å². The van der Waals surface area contributed by atoms with Crippen molar-refractivity contribution in [3.63, 3.8) is 0 Å². The lowest BCUT2D eigenvalue weighted by atomic mass is 10.1. The molecule has 152 valence electrons. The maximum absolute atomic E-state index is 12.8. The van der Waals surface area contributed by atoms with Crippen molar-refractivity contribution < 1.29 is 9.53 Å². The third kappa shape index (κ3) is 3.87. The van der Waals surface area contributed by atoms with Crippen molar-refractivity contribution in [2.45, 2.75) is 27.2 Å².